The van der Waals surface area contributed by atoms with Crippen molar-refractivity contribution in [2.75, 3.05) is 26.2 Å². The molecule has 0 atom stereocenters. The minimum Gasteiger partial charge on any atom is -0.335 e. The van der Waals surface area contributed by atoms with Crippen LogP contribution in [0.25, 0.3) is 10.9 Å². The molecule has 3 heterocycles. The predicted octanol–water partition coefficient (Wildman–Crippen LogP) is 1.93. The Balaban J connectivity index is 1.50. The molecule has 7 nitrogen and oxygen atoms in total. The fourth-order valence-corrected chi connectivity index (χ4v) is 3.34. The highest BCUT2D eigenvalue weighted by Gasteiger charge is 2.27. The van der Waals surface area contributed by atoms with Gasteiger partial charge in [-0.1, -0.05) is 18.2 Å². The number of hydrogen-bond donors (Lipinski definition) is 0. The molecule has 1 saturated heterocycles. The smallest absolute Gasteiger partial charge is 0.274 e. The van der Waals surface area contributed by atoms with E-state index in [2.05, 4.69) is 15.0 Å². The van der Waals surface area contributed by atoms with Crippen LogP contribution in [0, 0.1) is 6.92 Å². The first-order valence-corrected chi connectivity index (χ1v) is 8.84. The van der Waals surface area contributed by atoms with Crippen LogP contribution in [0.4, 0.5) is 0 Å². The summed E-state index contributed by atoms with van der Waals surface area (Å²) in [4.78, 5) is 41.6. The fourth-order valence-electron chi connectivity index (χ4n) is 3.34. The Morgan fingerprint density at radius 1 is 0.963 bits per heavy atom. The van der Waals surface area contributed by atoms with Crippen molar-refractivity contribution in [3.05, 3.63) is 65.9 Å². The molecule has 136 valence electrons. The predicted molar refractivity (Wildman–Crippen MR) is 100 cm³/mol. The Kier molecular flexibility index (Phi) is 4.50. The number of piperazine rings is 1. The fraction of sp³-hybridized carbons (Fsp3) is 0.250. The molecule has 0 radical (unpaired) electrons. The third kappa shape index (κ3) is 3.36. The molecule has 4 rings (SSSR count). The second-order valence-electron chi connectivity index (χ2n) is 6.50. The van der Waals surface area contributed by atoms with Crippen LogP contribution in [0.15, 0.2) is 48.9 Å². The van der Waals surface area contributed by atoms with E-state index in [1.807, 2.05) is 37.3 Å². The number of hydrogen-bond acceptors (Lipinski definition) is 5. The highest BCUT2D eigenvalue weighted by atomic mass is 16.2. The van der Waals surface area contributed by atoms with Gasteiger partial charge in [0.05, 0.1) is 17.3 Å². The number of nitrogens with zero attached hydrogens (tertiary/aromatic N) is 5. The lowest BCUT2D eigenvalue weighted by Crippen LogP contribution is -2.50. The number of aromatic nitrogens is 3. The Morgan fingerprint density at radius 3 is 2.37 bits per heavy atom. The molecule has 0 N–H and O–H groups in total. The zero-order valence-electron chi connectivity index (χ0n) is 15.0. The second-order valence-corrected chi connectivity index (χ2v) is 6.50. The Morgan fingerprint density at radius 2 is 1.67 bits per heavy atom. The molecule has 3 aromatic rings. The Hall–Kier alpha value is -3.35. The molecule has 7 heteroatoms. The average molecular weight is 361 g/mol. The van der Waals surface area contributed by atoms with Crippen molar-refractivity contribution in [1.29, 1.82) is 0 Å². The van der Waals surface area contributed by atoms with Crippen molar-refractivity contribution in [3.8, 4) is 0 Å². The molecule has 0 bridgehead atoms. The molecule has 0 spiro atoms. The van der Waals surface area contributed by atoms with E-state index < -0.39 is 0 Å². The van der Waals surface area contributed by atoms with Crippen molar-refractivity contribution >= 4 is 22.7 Å². The van der Waals surface area contributed by atoms with Gasteiger partial charge in [0.2, 0.25) is 0 Å². The lowest BCUT2D eigenvalue weighted by molar-refractivity contribution is 0.0533. The van der Waals surface area contributed by atoms with Gasteiger partial charge in [-0.2, -0.15) is 0 Å². The van der Waals surface area contributed by atoms with E-state index in [1.54, 1.807) is 9.80 Å². The van der Waals surface area contributed by atoms with E-state index >= 15 is 0 Å². The number of carbonyl (C=O) groups is 2. The molecule has 0 saturated carbocycles. The molecule has 0 aliphatic carbocycles. The molecule has 1 fully saturated rings. The van der Waals surface area contributed by atoms with E-state index in [9.17, 15) is 9.59 Å². The van der Waals surface area contributed by atoms with Crippen LogP contribution in [-0.4, -0.2) is 62.7 Å². The summed E-state index contributed by atoms with van der Waals surface area (Å²) in [6, 6.07) is 9.49. The van der Waals surface area contributed by atoms with E-state index in [0.717, 1.165) is 16.6 Å². The number of pyridine rings is 1. The standard InChI is InChI=1S/C20H19N5O2/c1-14-12-16(15-4-2-3-5-17(15)23-14)19(26)24-8-10-25(11-9-24)20(27)18-13-21-6-7-22-18/h2-7,12-13H,8-11H2,1H3. The molecule has 1 aliphatic heterocycles. The topological polar surface area (TPSA) is 79.3 Å². The number of carbonyl (C=O) groups excluding carboxylic acids is 2. The second kappa shape index (κ2) is 7.11. The summed E-state index contributed by atoms with van der Waals surface area (Å²) < 4.78 is 0. The van der Waals surface area contributed by atoms with Gasteiger partial charge in [-0.25, -0.2) is 4.98 Å². The van der Waals surface area contributed by atoms with Gasteiger partial charge in [-0.05, 0) is 19.1 Å². The summed E-state index contributed by atoms with van der Waals surface area (Å²) in [6.07, 6.45) is 4.50. The third-order valence-electron chi connectivity index (χ3n) is 4.71. The van der Waals surface area contributed by atoms with Crippen LogP contribution in [0.5, 0.6) is 0 Å². The summed E-state index contributed by atoms with van der Waals surface area (Å²) in [7, 11) is 0. The minimum absolute atomic E-state index is 0.0247. The van der Waals surface area contributed by atoms with Crippen LogP contribution in [-0.2, 0) is 0 Å². The molecule has 2 amide bonds. The van der Waals surface area contributed by atoms with Gasteiger partial charge in [0.1, 0.15) is 5.69 Å². The van der Waals surface area contributed by atoms with Gasteiger partial charge >= 0.3 is 0 Å². The monoisotopic (exact) mass is 361 g/mol. The first kappa shape index (κ1) is 17.1. The van der Waals surface area contributed by atoms with Crippen molar-refractivity contribution in [1.82, 2.24) is 24.8 Å². The van der Waals surface area contributed by atoms with Crippen LogP contribution in [0.2, 0.25) is 0 Å². The van der Waals surface area contributed by atoms with E-state index in [4.69, 9.17) is 0 Å². The van der Waals surface area contributed by atoms with Crippen LogP contribution in [0.1, 0.15) is 26.5 Å². The van der Waals surface area contributed by atoms with Gasteiger partial charge < -0.3 is 9.80 Å². The molecular weight excluding hydrogens is 342 g/mol. The summed E-state index contributed by atoms with van der Waals surface area (Å²) in [6.45, 7) is 3.81. The van der Waals surface area contributed by atoms with Gasteiger partial charge in [0.15, 0.2) is 0 Å². The molecule has 27 heavy (non-hydrogen) atoms. The number of amides is 2. The lowest BCUT2D eigenvalue weighted by atomic mass is 10.1. The van der Waals surface area contributed by atoms with Gasteiger partial charge in [-0.15, -0.1) is 0 Å². The molecular formula is C20H19N5O2. The highest BCUT2D eigenvalue weighted by Crippen LogP contribution is 2.20. The van der Waals surface area contributed by atoms with Crippen molar-refractivity contribution in [3.63, 3.8) is 0 Å². The normalized spacial score (nSPS) is 14.4. The number of rotatable bonds is 2. The van der Waals surface area contributed by atoms with Crippen molar-refractivity contribution in [2.45, 2.75) is 6.92 Å². The molecule has 1 aromatic carbocycles. The van der Waals surface area contributed by atoms with E-state index in [0.29, 0.717) is 37.4 Å². The zero-order chi connectivity index (χ0) is 18.8. The first-order valence-electron chi connectivity index (χ1n) is 8.84. The Labute approximate surface area is 156 Å². The SMILES string of the molecule is Cc1cc(C(=O)N2CCN(C(=O)c3cnccn3)CC2)c2ccccc2n1. The molecule has 1 aliphatic rings. The summed E-state index contributed by atoms with van der Waals surface area (Å²) >= 11 is 0. The molecule has 0 unspecified atom stereocenters. The largest absolute Gasteiger partial charge is 0.335 e. The van der Waals surface area contributed by atoms with Crippen LogP contribution in [0.3, 0.4) is 0 Å². The minimum atomic E-state index is -0.152. The zero-order valence-corrected chi connectivity index (χ0v) is 15.0. The Bertz CT molecular complexity index is 998. The van der Waals surface area contributed by atoms with Crippen molar-refractivity contribution < 1.29 is 9.59 Å². The van der Waals surface area contributed by atoms with Gasteiger partial charge in [-0.3, -0.25) is 19.6 Å². The first-order chi connectivity index (χ1) is 13.1. The van der Waals surface area contributed by atoms with Crippen molar-refractivity contribution in [2.24, 2.45) is 0 Å². The maximum absolute atomic E-state index is 13.1. The van der Waals surface area contributed by atoms with Gasteiger partial charge in [0, 0.05) is 49.7 Å². The number of benzene rings is 1. The summed E-state index contributed by atoms with van der Waals surface area (Å²) in [5, 5.41) is 0.853. The summed E-state index contributed by atoms with van der Waals surface area (Å²) in [5.41, 5.74) is 2.62. The van der Waals surface area contributed by atoms with Gasteiger partial charge in [0.25, 0.3) is 11.8 Å². The number of fused-ring (bicyclic) bond motifs is 1. The molecule has 2 aromatic heterocycles. The maximum Gasteiger partial charge on any atom is 0.274 e. The lowest BCUT2D eigenvalue weighted by Gasteiger charge is -2.34. The number of aryl methyl sites for hydroxylation is 1. The van der Waals surface area contributed by atoms with Crippen LogP contribution >= 0.6 is 0 Å². The highest BCUT2D eigenvalue weighted by molar-refractivity contribution is 6.06. The van der Waals surface area contributed by atoms with E-state index in [-0.39, 0.29) is 11.8 Å². The van der Waals surface area contributed by atoms with Crippen LogP contribution < -0.4 is 0 Å². The summed E-state index contributed by atoms with van der Waals surface area (Å²) in [5.74, 6) is -0.177. The maximum atomic E-state index is 13.1. The van der Waals surface area contributed by atoms with E-state index in [1.165, 1.54) is 18.6 Å². The number of para-hydroxylation sites is 1. The third-order valence-corrected chi connectivity index (χ3v) is 4.71. The average Bonchev–Trinajstić information content (AvgIpc) is 2.73. The quantitative estimate of drug-likeness (QED) is 0.697.